The molecule has 3 aromatic carbocycles. The molecule has 1 fully saturated rings. The van der Waals surface area contributed by atoms with Gasteiger partial charge in [0.2, 0.25) is 5.91 Å². The molecule has 1 atom stereocenters. The number of halogens is 1. The van der Waals surface area contributed by atoms with Gasteiger partial charge in [0, 0.05) is 26.2 Å². The van der Waals surface area contributed by atoms with Crippen molar-refractivity contribution in [2.24, 2.45) is 0 Å². The Morgan fingerprint density at radius 1 is 0.912 bits per heavy atom. The van der Waals surface area contributed by atoms with Crippen molar-refractivity contribution in [2.45, 2.75) is 12.5 Å². The van der Waals surface area contributed by atoms with Crippen LogP contribution >= 0.6 is 11.6 Å². The van der Waals surface area contributed by atoms with Gasteiger partial charge in [-0.2, -0.15) is 0 Å². The standard InChI is InChI=1S/C27H28ClN3O3/c1-34-25-14-8-7-13-24(25)30-15-17-31(18-16-30)26(32)19-23(20-9-3-2-4-10-20)29-27(33)21-11-5-6-12-22(21)28/h2-14,23H,15-19H2,1H3,(H,29,33)/t23-/m0/s1. The third-order valence-corrected chi connectivity index (χ3v) is 6.39. The predicted octanol–water partition coefficient (Wildman–Crippen LogP) is 4.56. The average molecular weight is 478 g/mol. The zero-order chi connectivity index (χ0) is 23.9. The summed E-state index contributed by atoms with van der Waals surface area (Å²) in [5, 5.41) is 3.39. The Bertz CT molecular complexity index is 1130. The average Bonchev–Trinajstić information content (AvgIpc) is 2.89. The summed E-state index contributed by atoms with van der Waals surface area (Å²) in [5.74, 6) is 0.537. The molecule has 7 heteroatoms. The van der Waals surface area contributed by atoms with Crippen LogP contribution in [0.5, 0.6) is 5.75 Å². The lowest BCUT2D eigenvalue weighted by Crippen LogP contribution is -2.49. The number of amides is 2. The molecule has 1 aliphatic rings. The third kappa shape index (κ3) is 5.51. The lowest BCUT2D eigenvalue weighted by atomic mass is 10.0. The highest BCUT2D eigenvalue weighted by Gasteiger charge is 2.26. The Labute approximate surface area is 205 Å². The minimum atomic E-state index is -0.454. The van der Waals surface area contributed by atoms with Crippen molar-refractivity contribution in [3.8, 4) is 5.75 Å². The monoisotopic (exact) mass is 477 g/mol. The fourth-order valence-corrected chi connectivity index (χ4v) is 4.43. The molecule has 4 rings (SSSR count). The number of nitrogens with zero attached hydrogens (tertiary/aromatic N) is 2. The largest absolute Gasteiger partial charge is 0.495 e. The Kier molecular flexibility index (Phi) is 7.70. The van der Waals surface area contributed by atoms with E-state index in [-0.39, 0.29) is 18.2 Å². The molecule has 2 amide bonds. The van der Waals surface area contributed by atoms with Crippen molar-refractivity contribution in [2.75, 3.05) is 38.2 Å². The molecule has 0 saturated carbocycles. The molecule has 0 aromatic heterocycles. The molecular formula is C27H28ClN3O3. The van der Waals surface area contributed by atoms with Crippen molar-refractivity contribution in [3.05, 3.63) is 95.0 Å². The van der Waals surface area contributed by atoms with Gasteiger partial charge in [0.1, 0.15) is 5.75 Å². The van der Waals surface area contributed by atoms with Crippen LogP contribution in [0, 0.1) is 0 Å². The molecule has 1 N–H and O–H groups in total. The number of para-hydroxylation sites is 2. The van der Waals surface area contributed by atoms with Crippen LogP contribution in [0.15, 0.2) is 78.9 Å². The topological polar surface area (TPSA) is 61.9 Å². The number of ether oxygens (including phenoxy) is 1. The van der Waals surface area contributed by atoms with Crippen LogP contribution in [0.4, 0.5) is 5.69 Å². The van der Waals surface area contributed by atoms with E-state index in [1.165, 1.54) is 0 Å². The molecule has 1 aliphatic heterocycles. The van der Waals surface area contributed by atoms with Gasteiger partial charge in [-0.3, -0.25) is 9.59 Å². The molecule has 34 heavy (non-hydrogen) atoms. The quantitative estimate of drug-likeness (QED) is 0.542. The van der Waals surface area contributed by atoms with Gasteiger partial charge in [0.05, 0.1) is 35.8 Å². The maximum absolute atomic E-state index is 13.2. The SMILES string of the molecule is COc1ccccc1N1CCN(C(=O)C[C@H](NC(=O)c2ccccc2Cl)c2ccccc2)CC1. The lowest BCUT2D eigenvalue weighted by Gasteiger charge is -2.37. The smallest absolute Gasteiger partial charge is 0.253 e. The Morgan fingerprint density at radius 2 is 1.56 bits per heavy atom. The van der Waals surface area contributed by atoms with Gasteiger partial charge < -0.3 is 19.9 Å². The number of carbonyl (C=O) groups is 2. The van der Waals surface area contributed by atoms with Gasteiger partial charge in [0.25, 0.3) is 5.91 Å². The lowest BCUT2D eigenvalue weighted by molar-refractivity contribution is -0.132. The molecule has 0 radical (unpaired) electrons. The van der Waals surface area contributed by atoms with Crippen LogP contribution in [0.25, 0.3) is 0 Å². The zero-order valence-electron chi connectivity index (χ0n) is 19.1. The van der Waals surface area contributed by atoms with Crippen LogP contribution in [0.2, 0.25) is 5.02 Å². The van der Waals surface area contributed by atoms with Crippen LogP contribution in [-0.4, -0.2) is 50.0 Å². The maximum Gasteiger partial charge on any atom is 0.253 e. The number of hydrogen-bond donors (Lipinski definition) is 1. The molecule has 0 bridgehead atoms. The highest BCUT2D eigenvalue weighted by atomic mass is 35.5. The second-order valence-electron chi connectivity index (χ2n) is 8.16. The molecule has 1 saturated heterocycles. The van der Waals surface area contributed by atoms with Crippen molar-refractivity contribution in [1.29, 1.82) is 0 Å². The number of carbonyl (C=O) groups excluding carboxylic acids is 2. The van der Waals surface area contributed by atoms with Gasteiger partial charge in [0.15, 0.2) is 0 Å². The first kappa shape index (κ1) is 23.6. The van der Waals surface area contributed by atoms with Crippen LogP contribution in [0.1, 0.15) is 28.4 Å². The summed E-state index contributed by atoms with van der Waals surface area (Å²) in [4.78, 5) is 30.3. The van der Waals surface area contributed by atoms with Crippen LogP contribution < -0.4 is 15.0 Å². The first-order chi connectivity index (χ1) is 16.6. The normalized spacial score (nSPS) is 14.4. The van der Waals surface area contributed by atoms with E-state index >= 15 is 0 Å². The van der Waals surface area contributed by atoms with Gasteiger partial charge in [-0.25, -0.2) is 0 Å². The second-order valence-corrected chi connectivity index (χ2v) is 8.57. The van der Waals surface area contributed by atoms with Gasteiger partial charge in [-0.05, 0) is 29.8 Å². The molecule has 3 aromatic rings. The first-order valence-electron chi connectivity index (χ1n) is 11.3. The first-order valence-corrected chi connectivity index (χ1v) is 11.7. The highest BCUT2D eigenvalue weighted by molar-refractivity contribution is 6.33. The molecule has 6 nitrogen and oxygen atoms in total. The van der Waals surface area contributed by atoms with E-state index in [4.69, 9.17) is 16.3 Å². The molecule has 1 heterocycles. The van der Waals surface area contributed by atoms with E-state index in [2.05, 4.69) is 10.2 Å². The third-order valence-electron chi connectivity index (χ3n) is 6.06. The minimum absolute atomic E-state index is 0.00740. The molecule has 0 aliphatic carbocycles. The summed E-state index contributed by atoms with van der Waals surface area (Å²) in [6.07, 6.45) is 0.175. The number of methoxy groups -OCH3 is 1. The number of nitrogens with one attached hydrogen (secondary N) is 1. The van der Waals surface area contributed by atoms with Crippen molar-refractivity contribution < 1.29 is 14.3 Å². The number of hydrogen-bond acceptors (Lipinski definition) is 4. The summed E-state index contributed by atoms with van der Waals surface area (Å²) in [5.41, 5.74) is 2.30. The van der Waals surface area contributed by atoms with E-state index in [0.29, 0.717) is 36.8 Å². The van der Waals surface area contributed by atoms with E-state index in [1.54, 1.807) is 31.4 Å². The van der Waals surface area contributed by atoms with Crippen LogP contribution in [0.3, 0.4) is 0 Å². The summed E-state index contributed by atoms with van der Waals surface area (Å²) in [7, 11) is 1.67. The molecule has 0 spiro atoms. The van der Waals surface area contributed by atoms with E-state index in [0.717, 1.165) is 17.0 Å². The van der Waals surface area contributed by atoms with E-state index < -0.39 is 6.04 Å². The number of rotatable bonds is 7. The fraction of sp³-hybridized carbons (Fsp3) is 0.259. The summed E-state index contributed by atoms with van der Waals surface area (Å²) in [6, 6.07) is 23.9. The minimum Gasteiger partial charge on any atom is -0.495 e. The Morgan fingerprint density at radius 3 is 2.26 bits per heavy atom. The summed E-state index contributed by atoms with van der Waals surface area (Å²) in [6.45, 7) is 2.65. The van der Waals surface area contributed by atoms with Gasteiger partial charge in [-0.1, -0.05) is 66.2 Å². The number of anilines is 1. The summed E-state index contributed by atoms with van der Waals surface area (Å²) >= 11 is 6.21. The fourth-order valence-electron chi connectivity index (χ4n) is 4.21. The number of benzene rings is 3. The molecule has 176 valence electrons. The van der Waals surface area contributed by atoms with Crippen molar-refractivity contribution in [1.82, 2.24) is 10.2 Å². The molecular weight excluding hydrogens is 450 g/mol. The predicted molar refractivity (Wildman–Crippen MR) is 135 cm³/mol. The Hall–Kier alpha value is -3.51. The van der Waals surface area contributed by atoms with E-state index in [1.807, 2.05) is 59.5 Å². The second kappa shape index (κ2) is 11.1. The summed E-state index contributed by atoms with van der Waals surface area (Å²) < 4.78 is 5.48. The maximum atomic E-state index is 13.2. The Balaban J connectivity index is 1.43. The number of piperazine rings is 1. The highest BCUT2D eigenvalue weighted by Crippen LogP contribution is 2.29. The van der Waals surface area contributed by atoms with Gasteiger partial charge >= 0.3 is 0 Å². The zero-order valence-corrected chi connectivity index (χ0v) is 19.9. The van der Waals surface area contributed by atoms with Crippen molar-refractivity contribution in [3.63, 3.8) is 0 Å². The van der Waals surface area contributed by atoms with Crippen molar-refractivity contribution >= 4 is 29.1 Å². The van der Waals surface area contributed by atoms with Gasteiger partial charge in [-0.15, -0.1) is 0 Å². The molecule has 0 unspecified atom stereocenters. The van der Waals surface area contributed by atoms with E-state index in [9.17, 15) is 9.59 Å². The van der Waals surface area contributed by atoms with Crippen LogP contribution in [-0.2, 0) is 4.79 Å².